The Morgan fingerprint density at radius 2 is 2.20 bits per heavy atom. The number of fused-ring (bicyclic) bond motifs is 1. The number of hydrogen-bond donors (Lipinski definition) is 1. The Balaban J connectivity index is 1.68. The first-order valence-corrected chi connectivity index (χ1v) is 8.86. The summed E-state index contributed by atoms with van der Waals surface area (Å²) in [6.45, 7) is 2.38. The number of furan rings is 1. The van der Waals surface area contributed by atoms with E-state index in [0.29, 0.717) is 23.3 Å². The van der Waals surface area contributed by atoms with Crippen LogP contribution >= 0.6 is 11.8 Å². The number of nitrogens with zero attached hydrogens (tertiary/aromatic N) is 3. The van der Waals surface area contributed by atoms with Crippen molar-refractivity contribution in [3.63, 3.8) is 0 Å². The summed E-state index contributed by atoms with van der Waals surface area (Å²) in [7, 11) is 3.47. The highest BCUT2D eigenvalue weighted by atomic mass is 32.2. The number of carbonyl (C=O) groups is 1. The fourth-order valence-electron chi connectivity index (χ4n) is 2.49. The molecule has 25 heavy (non-hydrogen) atoms. The van der Waals surface area contributed by atoms with Gasteiger partial charge in [0.05, 0.1) is 12.4 Å². The Labute approximate surface area is 149 Å². The van der Waals surface area contributed by atoms with Gasteiger partial charge in [0.2, 0.25) is 5.91 Å². The zero-order valence-corrected chi connectivity index (χ0v) is 15.2. The largest absolute Gasteiger partial charge is 0.453 e. The van der Waals surface area contributed by atoms with Gasteiger partial charge in [-0.25, -0.2) is 0 Å². The molecule has 0 aliphatic rings. The van der Waals surface area contributed by atoms with Crippen molar-refractivity contribution in [3.8, 4) is 11.6 Å². The van der Waals surface area contributed by atoms with E-state index in [1.54, 1.807) is 7.11 Å². The maximum absolute atomic E-state index is 11.9. The highest BCUT2D eigenvalue weighted by Crippen LogP contribution is 2.28. The van der Waals surface area contributed by atoms with E-state index in [9.17, 15) is 4.79 Å². The fourth-order valence-corrected chi connectivity index (χ4v) is 3.21. The smallest absolute Gasteiger partial charge is 0.230 e. The van der Waals surface area contributed by atoms with E-state index in [1.807, 2.05) is 48.9 Å². The number of carbonyl (C=O) groups excluding carboxylic acids is 1. The first-order valence-electron chi connectivity index (χ1n) is 7.88. The third-order valence-corrected chi connectivity index (χ3v) is 4.66. The van der Waals surface area contributed by atoms with Gasteiger partial charge in [-0.1, -0.05) is 30.0 Å². The molecule has 1 atom stereocenters. The number of ether oxygens (including phenoxy) is 1. The summed E-state index contributed by atoms with van der Waals surface area (Å²) >= 11 is 1.33. The minimum Gasteiger partial charge on any atom is -0.453 e. The lowest BCUT2D eigenvalue weighted by atomic mass is 10.2. The van der Waals surface area contributed by atoms with Crippen LogP contribution in [0.3, 0.4) is 0 Å². The standard InChI is InChI=1S/C17H20N4O3S/c1-11(9-23-3)18-15(22)10-25-17-20-19-16(21(17)2)14-8-12-6-4-5-7-13(12)24-14/h4-8,11H,9-10H2,1-3H3,(H,18,22). The quantitative estimate of drug-likeness (QED) is 0.652. The van der Waals surface area contributed by atoms with E-state index in [-0.39, 0.29) is 17.7 Å². The summed E-state index contributed by atoms with van der Waals surface area (Å²) in [5.41, 5.74) is 0.807. The molecule has 0 saturated heterocycles. The topological polar surface area (TPSA) is 82.2 Å². The fraction of sp³-hybridized carbons (Fsp3) is 0.353. The lowest BCUT2D eigenvalue weighted by molar-refractivity contribution is -0.119. The number of aromatic nitrogens is 3. The minimum atomic E-state index is -0.0668. The van der Waals surface area contributed by atoms with Gasteiger partial charge in [-0.3, -0.25) is 4.79 Å². The van der Waals surface area contributed by atoms with Gasteiger partial charge in [0.25, 0.3) is 0 Å². The molecule has 0 spiro atoms. The molecule has 1 aromatic carbocycles. The Bertz CT molecular complexity index is 841. The molecule has 0 saturated carbocycles. The highest BCUT2D eigenvalue weighted by molar-refractivity contribution is 7.99. The third-order valence-electron chi connectivity index (χ3n) is 3.64. The van der Waals surface area contributed by atoms with Gasteiger partial charge in [-0.2, -0.15) is 0 Å². The van der Waals surface area contributed by atoms with Crippen molar-refractivity contribution in [3.05, 3.63) is 30.3 Å². The van der Waals surface area contributed by atoms with Crippen molar-refractivity contribution in [2.75, 3.05) is 19.5 Å². The van der Waals surface area contributed by atoms with Gasteiger partial charge in [-0.15, -0.1) is 10.2 Å². The summed E-state index contributed by atoms with van der Waals surface area (Å²) in [4.78, 5) is 11.9. The van der Waals surface area contributed by atoms with Crippen molar-refractivity contribution < 1.29 is 13.9 Å². The molecule has 0 bridgehead atoms. The number of hydrogen-bond acceptors (Lipinski definition) is 6. The minimum absolute atomic E-state index is 0.0243. The zero-order valence-electron chi connectivity index (χ0n) is 14.4. The molecule has 132 valence electrons. The molecule has 1 unspecified atom stereocenters. The first kappa shape index (κ1) is 17.5. The Hall–Kier alpha value is -2.32. The zero-order chi connectivity index (χ0) is 17.8. The number of thioether (sulfide) groups is 1. The van der Waals surface area contributed by atoms with Crippen LogP contribution in [-0.2, 0) is 16.6 Å². The van der Waals surface area contributed by atoms with Crippen LogP contribution in [0.5, 0.6) is 0 Å². The maximum atomic E-state index is 11.9. The Morgan fingerprint density at radius 3 is 2.96 bits per heavy atom. The molecule has 3 aromatic rings. The van der Waals surface area contributed by atoms with E-state index in [2.05, 4.69) is 15.5 Å². The molecule has 1 N–H and O–H groups in total. The van der Waals surface area contributed by atoms with E-state index < -0.39 is 0 Å². The number of methoxy groups -OCH3 is 1. The lowest BCUT2D eigenvalue weighted by Crippen LogP contribution is -2.36. The highest BCUT2D eigenvalue weighted by Gasteiger charge is 2.16. The normalized spacial score (nSPS) is 12.4. The second-order valence-corrected chi connectivity index (χ2v) is 6.67. The summed E-state index contributed by atoms with van der Waals surface area (Å²) < 4.78 is 12.7. The van der Waals surface area contributed by atoms with Gasteiger partial charge in [0.15, 0.2) is 16.7 Å². The third kappa shape index (κ3) is 4.02. The predicted molar refractivity (Wildman–Crippen MR) is 96.4 cm³/mol. The van der Waals surface area contributed by atoms with Crippen molar-refractivity contribution in [1.29, 1.82) is 0 Å². The van der Waals surface area contributed by atoms with E-state index in [0.717, 1.165) is 11.0 Å². The van der Waals surface area contributed by atoms with Crippen LogP contribution in [0, 0.1) is 0 Å². The molecule has 1 amide bonds. The summed E-state index contributed by atoms with van der Waals surface area (Å²) in [5, 5.41) is 12.9. The number of para-hydroxylation sites is 1. The van der Waals surface area contributed by atoms with Crippen LogP contribution in [-0.4, -0.2) is 46.2 Å². The van der Waals surface area contributed by atoms with E-state index in [4.69, 9.17) is 9.15 Å². The van der Waals surface area contributed by atoms with Crippen LogP contribution in [0.1, 0.15) is 6.92 Å². The molecule has 2 aromatic heterocycles. The van der Waals surface area contributed by atoms with Gasteiger partial charge in [0.1, 0.15) is 5.58 Å². The number of rotatable bonds is 7. The molecule has 8 heteroatoms. The van der Waals surface area contributed by atoms with Crippen molar-refractivity contribution in [2.45, 2.75) is 18.1 Å². The number of amides is 1. The lowest BCUT2D eigenvalue weighted by Gasteiger charge is -2.12. The van der Waals surface area contributed by atoms with Crippen LogP contribution in [0.25, 0.3) is 22.6 Å². The Kier molecular flexibility index (Phi) is 5.40. The summed E-state index contributed by atoms with van der Waals surface area (Å²) in [6.07, 6.45) is 0. The van der Waals surface area contributed by atoms with Gasteiger partial charge in [-0.05, 0) is 19.1 Å². The van der Waals surface area contributed by atoms with Gasteiger partial charge >= 0.3 is 0 Å². The van der Waals surface area contributed by atoms with E-state index >= 15 is 0 Å². The molecule has 0 aliphatic carbocycles. The van der Waals surface area contributed by atoms with E-state index in [1.165, 1.54) is 11.8 Å². The molecule has 2 heterocycles. The average Bonchev–Trinajstić information content (AvgIpc) is 3.16. The summed E-state index contributed by atoms with van der Waals surface area (Å²) in [5.74, 6) is 1.48. The molecule has 3 rings (SSSR count). The second-order valence-electron chi connectivity index (χ2n) is 5.73. The monoisotopic (exact) mass is 360 g/mol. The van der Waals surface area contributed by atoms with Gasteiger partial charge in [0, 0.05) is 25.6 Å². The molecule has 7 nitrogen and oxygen atoms in total. The predicted octanol–water partition coefficient (Wildman–Crippen LogP) is 2.47. The van der Waals surface area contributed by atoms with Crippen molar-refractivity contribution in [1.82, 2.24) is 20.1 Å². The number of benzene rings is 1. The molecular weight excluding hydrogens is 340 g/mol. The Morgan fingerprint density at radius 1 is 1.40 bits per heavy atom. The van der Waals surface area contributed by atoms with Gasteiger partial charge < -0.3 is 19.0 Å². The van der Waals surface area contributed by atoms with Crippen LogP contribution in [0.15, 0.2) is 39.9 Å². The van der Waals surface area contributed by atoms with Crippen molar-refractivity contribution >= 4 is 28.6 Å². The van der Waals surface area contributed by atoms with Crippen molar-refractivity contribution in [2.24, 2.45) is 7.05 Å². The molecule has 0 fully saturated rings. The molecular formula is C17H20N4O3S. The molecule has 0 radical (unpaired) electrons. The molecule has 0 aliphatic heterocycles. The second kappa shape index (κ2) is 7.71. The van der Waals surface area contributed by atoms with Crippen LogP contribution < -0.4 is 5.32 Å². The SMILES string of the molecule is COCC(C)NC(=O)CSc1nnc(-c2cc3ccccc3o2)n1C. The maximum Gasteiger partial charge on any atom is 0.230 e. The summed E-state index contributed by atoms with van der Waals surface area (Å²) in [6, 6.07) is 9.70. The first-order chi connectivity index (χ1) is 12.1. The van der Waals surface area contributed by atoms with Crippen LogP contribution in [0.2, 0.25) is 0 Å². The average molecular weight is 360 g/mol. The number of nitrogens with one attached hydrogen (secondary N) is 1. The van der Waals surface area contributed by atoms with Crippen LogP contribution in [0.4, 0.5) is 0 Å².